The Morgan fingerprint density at radius 2 is 1.72 bits per heavy atom. The lowest BCUT2D eigenvalue weighted by molar-refractivity contribution is -0.120. The van der Waals surface area contributed by atoms with Gasteiger partial charge in [0.2, 0.25) is 5.91 Å². The first kappa shape index (κ1) is 23.7. The highest BCUT2D eigenvalue weighted by atomic mass is 16.5. The molecule has 1 aromatic carbocycles. The third-order valence-corrected chi connectivity index (χ3v) is 5.84. The van der Waals surface area contributed by atoms with Gasteiger partial charge in [0.15, 0.2) is 0 Å². The van der Waals surface area contributed by atoms with E-state index in [0.717, 1.165) is 37.7 Å². The van der Waals surface area contributed by atoms with Crippen molar-refractivity contribution in [2.45, 2.75) is 46.1 Å². The molecular formula is C25H34N4O3. The number of amides is 1. The molecule has 32 heavy (non-hydrogen) atoms. The van der Waals surface area contributed by atoms with Crippen LogP contribution in [0.25, 0.3) is 0 Å². The topological polar surface area (TPSA) is 74.8 Å². The van der Waals surface area contributed by atoms with Crippen molar-refractivity contribution in [3.8, 4) is 0 Å². The number of rotatable bonds is 6. The Kier molecular flexibility index (Phi) is 7.51. The number of pyridine rings is 1. The summed E-state index contributed by atoms with van der Waals surface area (Å²) in [6, 6.07) is 11.4. The zero-order valence-electron chi connectivity index (χ0n) is 19.7. The Morgan fingerprint density at radius 1 is 1.06 bits per heavy atom. The van der Waals surface area contributed by atoms with E-state index in [-0.39, 0.29) is 23.3 Å². The largest absolute Gasteiger partial charge is 0.462 e. The molecule has 1 unspecified atom stereocenters. The van der Waals surface area contributed by atoms with Gasteiger partial charge in [-0.15, -0.1) is 0 Å². The van der Waals surface area contributed by atoms with Gasteiger partial charge >= 0.3 is 5.97 Å². The maximum atomic E-state index is 12.8. The van der Waals surface area contributed by atoms with Crippen LogP contribution in [-0.4, -0.2) is 60.6 Å². The highest BCUT2D eigenvalue weighted by molar-refractivity contribution is 5.94. The Bertz CT molecular complexity index is 912. The Hall–Kier alpha value is -2.93. The van der Waals surface area contributed by atoms with Crippen LogP contribution in [0.3, 0.4) is 0 Å². The minimum Gasteiger partial charge on any atom is -0.462 e. The number of piperazine rings is 1. The normalized spacial score (nSPS) is 15.8. The second kappa shape index (κ2) is 10.1. The first-order valence-electron chi connectivity index (χ1n) is 11.2. The van der Waals surface area contributed by atoms with Gasteiger partial charge in [-0.25, -0.2) is 9.78 Å². The third-order valence-electron chi connectivity index (χ3n) is 5.84. The number of nitrogens with zero attached hydrogens (tertiary/aromatic N) is 3. The second-order valence-electron chi connectivity index (χ2n) is 9.14. The summed E-state index contributed by atoms with van der Waals surface area (Å²) in [5.74, 6) is 0.469. The Morgan fingerprint density at radius 3 is 2.25 bits per heavy atom. The molecule has 1 fully saturated rings. The van der Waals surface area contributed by atoms with E-state index in [1.54, 1.807) is 19.2 Å². The monoisotopic (exact) mass is 438 g/mol. The smallest absolute Gasteiger partial charge is 0.339 e. The van der Waals surface area contributed by atoms with Gasteiger partial charge in [-0.2, -0.15) is 0 Å². The maximum Gasteiger partial charge on any atom is 0.339 e. The van der Waals surface area contributed by atoms with Crippen molar-refractivity contribution in [3.63, 3.8) is 0 Å². The van der Waals surface area contributed by atoms with Crippen LogP contribution in [-0.2, 0) is 14.9 Å². The highest BCUT2D eigenvalue weighted by Gasteiger charge is 2.26. The molecule has 1 aromatic heterocycles. The molecule has 172 valence electrons. The summed E-state index contributed by atoms with van der Waals surface area (Å²) in [5, 5.41) is 3.04. The number of anilines is 2. The fourth-order valence-corrected chi connectivity index (χ4v) is 3.71. The van der Waals surface area contributed by atoms with E-state index >= 15 is 0 Å². The van der Waals surface area contributed by atoms with Gasteiger partial charge in [-0.05, 0) is 49.1 Å². The van der Waals surface area contributed by atoms with Gasteiger partial charge < -0.3 is 15.0 Å². The standard InChI is InChI=1S/C25H34N4O3/c1-6-32-24(31)19-7-12-22(26-17-19)29-15-13-28(14-16-29)18(2)23(30)27-21-10-8-20(9-11-21)25(3,4)5/h7-12,17-18H,6,13-16H2,1-5H3,(H,27,30). The fourth-order valence-electron chi connectivity index (χ4n) is 3.71. The number of aromatic nitrogens is 1. The van der Waals surface area contributed by atoms with E-state index in [9.17, 15) is 9.59 Å². The zero-order valence-corrected chi connectivity index (χ0v) is 19.7. The molecular weight excluding hydrogens is 404 g/mol. The van der Waals surface area contributed by atoms with Gasteiger partial charge in [0, 0.05) is 38.1 Å². The van der Waals surface area contributed by atoms with Crippen LogP contribution in [0.5, 0.6) is 0 Å². The van der Waals surface area contributed by atoms with Crippen molar-refractivity contribution >= 4 is 23.4 Å². The molecule has 1 aliphatic rings. The van der Waals surface area contributed by atoms with E-state index < -0.39 is 0 Å². The molecule has 7 nitrogen and oxygen atoms in total. The SMILES string of the molecule is CCOC(=O)c1ccc(N2CCN(C(C)C(=O)Nc3ccc(C(C)(C)C)cc3)CC2)nc1. The second-order valence-corrected chi connectivity index (χ2v) is 9.14. The molecule has 1 aliphatic heterocycles. The summed E-state index contributed by atoms with van der Waals surface area (Å²) in [7, 11) is 0. The predicted molar refractivity (Wildman–Crippen MR) is 127 cm³/mol. The molecule has 3 rings (SSSR count). The van der Waals surface area contributed by atoms with E-state index in [1.807, 2.05) is 25.1 Å². The molecule has 1 amide bonds. The first-order chi connectivity index (χ1) is 15.2. The molecule has 1 atom stereocenters. The van der Waals surface area contributed by atoms with Crippen molar-refractivity contribution in [1.29, 1.82) is 0 Å². The van der Waals surface area contributed by atoms with Crippen LogP contribution in [0.1, 0.15) is 50.5 Å². The van der Waals surface area contributed by atoms with Gasteiger partial charge in [-0.1, -0.05) is 32.9 Å². The molecule has 0 aliphatic carbocycles. The Labute approximate surface area is 190 Å². The van der Waals surface area contributed by atoms with E-state index in [4.69, 9.17) is 4.74 Å². The van der Waals surface area contributed by atoms with Gasteiger partial charge in [0.25, 0.3) is 0 Å². The lowest BCUT2D eigenvalue weighted by Gasteiger charge is -2.38. The summed E-state index contributed by atoms with van der Waals surface area (Å²) in [6.07, 6.45) is 1.56. The average molecular weight is 439 g/mol. The average Bonchev–Trinajstić information content (AvgIpc) is 2.78. The number of esters is 1. The van der Waals surface area contributed by atoms with Crippen molar-refractivity contribution in [3.05, 3.63) is 53.7 Å². The van der Waals surface area contributed by atoms with E-state index in [0.29, 0.717) is 12.2 Å². The molecule has 7 heteroatoms. The fraction of sp³-hybridized carbons (Fsp3) is 0.480. The highest BCUT2D eigenvalue weighted by Crippen LogP contribution is 2.24. The summed E-state index contributed by atoms with van der Waals surface area (Å²) in [4.78, 5) is 33.3. The lowest BCUT2D eigenvalue weighted by Crippen LogP contribution is -2.53. The number of carbonyl (C=O) groups excluding carboxylic acids is 2. The van der Waals surface area contributed by atoms with Crippen LogP contribution in [0, 0.1) is 0 Å². The lowest BCUT2D eigenvalue weighted by atomic mass is 9.87. The minimum atomic E-state index is -0.357. The quantitative estimate of drug-likeness (QED) is 0.693. The minimum absolute atomic E-state index is 0.00104. The van der Waals surface area contributed by atoms with Crippen LogP contribution >= 0.6 is 0 Å². The number of nitrogens with one attached hydrogen (secondary N) is 1. The van der Waals surface area contributed by atoms with Crippen LogP contribution < -0.4 is 10.2 Å². The number of ether oxygens (including phenoxy) is 1. The summed E-state index contributed by atoms with van der Waals surface area (Å²) in [5.41, 5.74) is 2.60. The number of hydrogen-bond donors (Lipinski definition) is 1. The third kappa shape index (κ3) is 5.85. The summed E-state index contributed by atoms with van der Waals surface area (Å²) < 4.78 is 5.00. The number of hydrogen-bond acceptors (Lipinski definition) is 6. The zero-order chi connectivity index (χ0) is 23.3. The van der Waals surface area contributed by atoms with Crippen molar-refractivity contribution in [2.75, 3.05) is 43.0 Å². The molecule has 2 aromatic rings. The Balaban J connectivity index is 1.52. The van der Waals surface area contributed by atoms with Crippen molar-refractivity contribution in [1.82, 2.24) is 9.88 Å². The predicted octanol–water partition coefficient (Wildman–Crippen LogP) is 3.71. The molecule has 1 N–H and O–H groups in total. The molecule has 0 saturated carbocycles. The van der Waals surface area contributed by atoms with Gasteiger partial charge in [0.1, 0.15) is 5.82 Å². The van der Waals surface area contributed by atoms with Crippen LogP contribution in [0.4, 0.5) is 11.5 Å². The van der Waals surface area contributed by atoms with Crippen molar-refractivity contribution in [2.24, 2.45) is 0 Å². The van der Waals surface area contributed by atoms with Crippen molar-refractivity contribution < 1.29 is 14.3 Å². The van der Waals surface area contributed by atoms with Gasteiger partial charge in [-0.3, -0.25) is 9.69 Å². The molecule has 2 heterocycles. The van der Waals surface area contributed by atoms with E-state index in [1.165, 1.54) is 5.56 Å². The van der Waals surface area contributed by atoms with Crippen LogP contribution in [0.15, 0.2) is 42.6 Å². The van der Waals surface area contributed by atoms with Gasteiger partial charge in [0.05, 0.1) is 18.2 Å². The number of carbonyl (C=O) groups is 2. The maximum absolute atomic E-state index is 12.8. The van der Waals surface area contributed by atoms with E-state index in [2.05, 4.69) is 53.0 Å². The molecule has 0 radical (unpaired) electrons. The molecule has 0 bridgehead atoms. The molecule has 0 spiro atoms. The molecule has 1 saturated heterocycles. The number of benzene rings is 1. The first-order valence-corrected chi connectivity index (χ1v) is 11.2. The summed E-state index contributed by atoms with van der Waals surface area (Å²) in [6.45, 7) is 13.7. The summed E-state index contributed by atoms with van der Waals surface area (Å²) >= 11 is 0. The van der Waals surface area contributed by atoms with Crippen LogP contribution in [0.2, 0.25) is 0 Å².